The lowest BCUT2D eigenvalue weighted by molar-refractivity contribution is 0.0707. The van der Waals surface area contributed by atoms with Gasteiger partial charge in [0.2, 0.25) is 0 Å². The summed E-state index contributed by atoms with van der Waals surface area (Å²) in [6.07, 6.45) is 4.44. The number of aromatic nitrogens is 3. The van der Waals surface area contributed by atoms with Gasteiger partial charge in [-0.15, -0.1) is 0 Å². The average Bonchev–Trinajstić information content (AvgIpc) is 3.23. The van der Waals surface area contributed by atoms with Crippen LogP contribution in [0.2, 0.25) is 0 Å². The Kier molecular flexibility index (Phi) is 5.08. The Morgan fingerprint density at radius 1 is 1.17 bits per heavy atom. The van der Waals surface area contributed by atoms with Gasteiger partial charge in [0.15, 0.2) is 5.58 Å². The minimum atomic E-state index is 0.0165. The average molecular weight is 407 g/mol. The molecule has 1 saturated heterocycles. The van der Waals surface area contributed by atoms with Crippen LogP contribution in [0.15, 0.2) is 35.0 Å². The molecule has 0 spiro atoms. The second-order valence-corrected chi connectivity index (χ2v) is 7.94. The fourth-order valence-corrected chi connectivity index (χ4v) is 4.48. The van der Waals surface area contributed by atoms with E-state index in [1.54, 1.807) is 6.20 Å². The zero-order chi connectivity index (χ0) is 20.5. The van der Waals surface area contributed by atoms with E-state index in [1.807, 2.05) is 23.1 Å². The molecule has 0 bridgehead atoms. The van der Waals surface area contributed by atoms with Gasteiger partial charge in [-0.2, -0.15) is 4.98 Å². The summed E-state index contributed by atoms with van der Waals surface area (Å²) in [4.78, 5) is 25.5. The van der Waals surface area contributed by atoms with E-state index in [-0.39, 0.29) is 5.91 Å². The highest BCUT2D eigenvalue weighted by Crippen LogP contribution is 2.32. The Balaban J connectivity index is 1.16. The molecular formula is C22H25N5O3. The zero-order valence-corrected chi connectivity index (χ0v) is 17.1. The van der Waals surface area contributed by atoms with Gasteiger partial charge < -0.3 is 19.1 Å². The van der Waals surface area contributed by atoms with Crippen molar-refractivity contribution in [1.82, 2.24) is 24.9 Å². The Labute approximate surface area is 174 Å². The number of nitrogens with zero attached hydrogens (tertiary/aromatic N) is 5. The summed E-state index contributed by atoms with van der Waals surface area (Å²) >= 11 is 0. The number of para-hydroxylation sites is 1. The van der Waals surface area contributed by atoms with E-state index in [9.17, 15) is 4.79 Å². The van der Waals surface area contributed by atoms with Crippen LogP contribution in [-0.2, 0) is 6.42 Å². The van der Waals surface area contributed by atoms with Crippen LogP contribution in [0.5, 0.6) is 6.01 Å². The van der Waals surface area contributed by atoms with Crippen LogP contribution in [0.1, 0.15) is 40.5 Å². The fraction of sp³-hybridized carbons (Fsp3) is 0.455. The van der Waals surface area contributed by atoms with Gasteiger partial charge >= 0.3 is 6.01 Å². The Morgan fingerprint density at radius 3 is 2.83 bits per heavy atom. The molecule has 1 fully saturated rings. The molecule has 3 aromatic rings. The number of benzene rings is 1. The van der Waals surface area contributed by atoms with Crippen LogP contribution in [0, 0.1) is 0 Å². The lowest BCUT2D eigenvalue weighted by Crippen LogP contribution is -2.44. The van der Waals surface area contributed by atoms with Crippen LogP contribution >= 0.6 is 0 Å². The number of fused-ring (bicyclic) bond motifs is 2. The maximum absolute atomic E-state index is 12.8. The lowest BCUT2D eigenvalue weighted by atomic mass is 9.91. The molecule has 5 rings (SSSR count). The number of methoxy groups -OCH3 is 1. The smallest absolute Gasteiger partial charge is 0.316 e. The van der Waals surface area contributed by atoms with E-state index in [1.165, 1.54) is 7.11 Å². The van der Waals surface area contributed by atoms with Crippen LogP contribution in [0.4, 0.5) is 0 Å². The number of carbonyl (C=O) groups is 1. The molecule has 8 heteroatoms. The van der Waals surface area contributed by atoms with E-state index >= 15 is 0 Å². The maximum atomic E-state index is 12.8. The second-order valence-electron chi connectivity index (χ2n) is 7.94. The first-order chi connectivity index (χ1) is 14.7. The molecule has 1 aromatic carbocycles. The third kappa shape index (κ3) is 3.52. The molecule has 2 aromatic heterocycles. The van der Waals surface area contributed by atoms with E-state index in [0.29, 0.717) is 24.0 Å². The van der Waals surface area contributed by atoms with Gasteiger partial charge in [-0.05, 0) is 38.1 Å². The van der Waals surface area contributed by atoms with E-state index < -0.39 is 0 Å². The van der Waals surface area contributed by atoms with Crippen molar-refractivity contribution in [2.45, 2.75) is 25.2 Å². The molecule has 4 heterocycles. The summed E-state index contributed by atoms with van der Waals surface area (Å²) in [6.45, 7) is 4.30. The van der Waals surface area contributed by atoms with Crippen molar-refractivity contribution in [3.05, 3.63) is 47.4 Å². The standard InChI is InChI=1S/C22H25N5O3/c1-29-22-23-14-17-18(24-22)8-11-27(21(17)28)13-12-26-9-6-15(7-10-26)20-16-4-2-3-5-19(16)30-25-20/h2-5,14-15H,6-13H2,1H3. The Hall–Kier alpha value is -3.00. The summed E-state index contributed by atoms with van der Waals surface area (Å²) in [5, 5.41) is 5.47. The molecular weight excluding hydrogens is 382 g/mol. The zero-order valence-electron chi connectivity index (χ0n) is 17.1. The van der Waals surface area contributed by atoms with Crippen molar-refractivity contribution in [3.8, 4) is 6.01 Å². The molecule has 8 nitrogen and oxygen atoms in total. The highest BCUT2D eigenvalue weighted by atomic mass is 16.5. The Morgan fingerprint density at radius 2 is 2.00 bits per heavy atom. The number of carbonyl (C=O) groups excluding carboxylic acids is 1. The topological polar surface area (TPSA) is 84.6 Å². The van der Waals surface area contributed by atoms with Crippen molar-refractivity contribution < 1.29 is 14.1 Å². The molecule has 2 aliphatic rings. The molecule has 0 radical (unpaired) electrons. The van der Waals surface area contributed by atoms with Gasteiger partial charge in [0.05, 0.1) is 24.1 Å². The molecule has 2 aliphatic heterocycles. The third-order valence-electron chi connectivity index (χ3n) is 6.23. The highest BCUT2D eigenvalue weighted by Gasteiger charge is 2.28. The SMILES string of the molecule is COc1ncc2c(n1)CCN(CCN1CCC(c3noc4ccccc34)CC1)C2=O. The summed E-state index contributed by atoms with van der Waals surface area (Å²) < 4.78 is 10.5. The number of rotatable bonds is 5. The van der Waals surface area contributed by atoms with E-state index in [0.717, 1.165) is 67.8 Å². The summed E-state index contributed by atoms with van der Waals surface area (Å²) in [5.41, 5.74) is 3.33. The molecule has 0 unspecified atom stereocenters. The minimum absolute atomic E-state index is 0.0165. The predicted octanol–water partition coefficient (Wildman–Crippen LogP) is 2.50. The Bertz CT molecular complexity index is 1060. The first-order valence-corrected chi connectivity index (χ1v) is 10.5. The fourth-order valence-electron chi connectivity index (χ4n) is 4.48. The summed E-state index contributed by atoms with van der Waals surface area (Å²) in [7, 11) is 1.53. The monoisotopic (exact) mass is 407 g/mol. The first kappa shape index (κ1) is 19.0. The normalized spacial score (nSPS) is 18.0. The van der Waals surface area contributed by atoms with Crippen LogP contribution in [0.3, 0.4) is 0 Å². The molecule has 0 atom stereocenters. The van der Waals surface area contributed by atoms with Crippen LogP contribution in [0.25, 0.3) is 11.0 Å². The predicted molar refractivity (Wildman–Crippen MR) is 111 cm³/mol. The number of piperidine rings is 1. The van der Waals surface area contributed by atoms with Crippen molar-refractivity contribution in [3.63, 3.8) is 0 Å². The van der Waals surface area contributed by atoms with Gasteiger partial charge in [-0.1, -0.05) is 17.3 Å². The number of amides is 1. The van der Waals surface area contributed by atoms with Gasteiger partial charge in [0.1, 0.15) is 0 Å². The second kappa shape index (κ2) is 8.02. The van der Waals surface area contributed by atoms with Crippen molar-refractivity contribution in [1.29, 1.82) is 0 Å². The molecule has 156 valence electrons. The molecule has 30 heavy (non-hydrogen) atoms. The molecule has 0 aliphatic carbocycles. The van der Waals surface area contributed by atoms with Crippen molar-refractivity contribution in [2.24, 2.45) is 0 Å². The quantitative estimate of drug-likeness (QED) is 0.642. The number of ether oxygens (including phenoxy) is 1. The van der Waals surface area contributed by atoms with Crippen LogP contribution < -0.4 is 4.74 Å². The third-order valence-corrected chi connectivity index (χ3v) is 6.23. The summed E-state index contributed by atoms with van der Waals surface area (Å²) in [5.74, 6) is 0.448. The van der Waals surface area contributed by atoms with Gasteiger partial charge in [-0.3, -0.25) is 4.79 Å². The van der Waals surface area contributed by atoms with Crippen molar-refractivity contribution >= 4 is 16.9 Å². The largest absolute Gasteiger partial charge is 0.467 e. The lowest BCUT2D eigenvalue weighted by Gasteiger charge is -2.34. The van der Waals surface area contributed by atoms with Crippen molar-refractivity contribution in [2.75, 3.05) is 39.8 Å². The first-order valence-electron chi connectivity index (χ1n) is 10.5. The minimum Gasteiger partial charge on any atom is -0.467 e. The number of hydrogen-bond donors (Lipinski definition) is 0. The van der Waals surface area contributed by atoms with Crippen LogP contribution in [-0.4, -0.2) is 70.7 Å². The van der Waals surface area contributed by atoms with E-state index in [2.05, 4.69) is 26.1 Å². The molecule has 0 N–H and O–H groups in total. The molecule has 0 saturated carbocycles. The van der Waals surface area contributed by atoms with Gasteiger partial charge in [-0.25, -0.2) is 4.98 Å². The number of likely N-dealkylation sites (tertiary alicyclic amines) is 1. The molecule has 1 amide bonds. The van der Waals surface area contributed by atoms with Gasteiger partial charge in [0, 0.05) is 43.6 Å². The maximum Gasteiger partial charge on any atom is 0.316 e. The highest BCUT2D eigenvalue weighted by molar-refractivity contribution is 5.96. The van der Waals surface area contributed by atoms with Gasteiger partial charge in [0.25, 0.3) is 5.91 Å². The van der Waals surface area contributed by atoms with E-state index in [4.69, 9.17) is 9.26 Å². The summed E-state index contributed by atoms with van der Waals surface area (Å²) in [6, 6.07) is 8.39. The number of hydrogen-bond acceptors (Lipinski definition) is 7.